The van der Waals surface area contributed by atoms with E-state index >= 15 is 0 Å². The van der Waals surface area contributed by atoms with E-state index in [1.165, 1.54) is 43.1 Å². The number of methoxy groups -OCH3 is 1. The van der Waals surface area contributed by atoms with E-state index in [9.17, 15) is 18.4 Å². The molecule has 4 N–H and O–H groups in total. The van der Waals surface area contributed by atoms with Gasteiger partial charge in [-0.1, -0.05) is 11.6 Å². The number of nitrogens with zero attached hydrogens (tertiary/aromatic N) is 3. The number of imidazole rings is 1. The summed E-state index contributed by atoms with van der Waals surface area (Å²) in [6, 6.07) is 7.31. The molecule has 1 aromatic heterocycles. The molecule has 0 atom stereocenters. The number of halogens is 3. The molecule has 13 heteroatoms. The Morgan fingerprint density at radius 1 is 1.23 bits per heavy atom. The van der Waals surface area contributed by atoms with Gasteiger partial charge in [0.15, 0.2) is 17.4 Å². The summed E-state index contributed by atoms with van der Waals surface area (Å²) in [5, 5.41) is 9.78. The summed E-state index contributed by atoms with van der Waals surface area (Å²) in [6.45, 7) is 1.70. The van der Waals surface area contributed by atoms with Crippen LogP contribution >= 0.6 is 11.6 Å². The van der Waals surface area contributed by atoms with Crippen LogP contribution in [0.2, 0.25) is 5.02 Å². The van der Waals surface area contributed by atoms with E-state index in [1.54, 1.807) is 17.0 Å². The number of carboxylic acid groups (broad SMARTS) is 1. The number of amides is 2. The van der Waals surface area contributed by atoms with Crippen LogP contribution in [0.1, 0.15) is 40.2 Å². The zero-order valence-electron chi connectivity index (χ0n) is 22.0. The highest BCUT2D eigenvalue weighted by molar-refractivity contribution is 6.34. The van der Waals surface area contributed by atoms with Crippen molar-refractivity contribution in [2.75, 3.05) is 32.1 Å². The van der Waals surface area contributed by atoms with Crippen molar-refractivity contribution in [1.29, 1.82) is 0 Å². The van der Waals surface area contributed by atoms with Crippen molar-refractivity contribution in [2.45, 2.75) is 19.3 Å². The van der Waals surface area contributed by atoms with Crippen molar-refractivity contribution in [1.82, 2.24) is 14.5 Å². The first-order valence-corrected chi connectivity index (χ1v) is 12.8. The lowest BCUT2D eigenvalue weighted by Gasteiger charge is -2.32. The zero-order chi connectivity index (χ0) is 29.4. The quantitative estimate of drug-likeness (QED) is 0.358. The van der Waals surface area contributed by atoms with Gasteiger partial charge in [0, 0.05) is 31.4 Å². The average molecular weight is 578 g/mol. The van der Waals surface area contributed by atoms with Gasteiger partial charge in [-0.15, -0.1) is 0 Å². The van der Waals surface area contributed by atoms with E-state index < -0.39 is 17.5 Å². The summed E-state index contributed by atoms with van der Waals surface area (Å²) in [5.74, 6) is -2.69. The van der Waals surface area contributed by atoms with Gasteiger partial charge in [0.2, 0.25) is 5.82 Å². The van der Waals surface area contributed by atoms with Gasteiger partial charge in [0.25, 0.3) is 18.3 Å². The lowest BCUT2D eigenvalue weighted by molar-refractivity contribution is -0.122. The molecule has 0 radical (unpaired) electrons. The van der Waals surface area contributed by atoms with E-state index in [4.69, 9.17) is 32.0 Å². The maximum absolute atomic E-state index is 14.6. The van der Waals surface area contributed by atoms with Crippen LogP contribution in [0, 0.1) is 17.6 Å². The fourth-order valence-electron chi connectivity index (χ4n) is 4.54. The van der Waals surface area contributed by atoms with Crippen LogP contribution in [0.4, 0.5) is 14.5 Å². The summed E-state index contributed by atoms with van der Waals surface area (Å²) >= 11 is 6.40. The number of hydrogen-bond donors (Lipinski definition) is 3. The molecule has 0 aliphatic carbocycles. The van der Waals surface area contributed by atoms with Crippen LogP contribution in [-0.2, 0) is 11.8 Å². The predicted molar refractivity (Wildman–Crippen MR) is 146 cm³/mol. The molecule has 214 valence electrons. The van der Waals surface area contributed by atoms with Gasteiger partial charge in [-0.05, 0) is 62.1 Å². The number of benzene rings is 2. The molecule has 1 aliphatic rings. The maximum Gasteiger partial charge on any atom is 0.291 e. The van der Waals surface area contributed by atoms with Crippen molar-refractivity contribution in [3.63, 3.8) is 0 Å². The van der Waals surface area contributed by atoms with E-state index in [1.807, 2.05) is 0 Å². The Kier molecular flexibility index (Phi) is 10.6. The van der Waals surface area contributed by atoms with Crippen molar-refractivity contribution in [3.05, 3.63) is 64.6 Å². The lowest BCUT2D eigenvalue weighted by atomic mass is 9.93. The van der Waals surface area contributed by atoms with Crippen LogP contribution in [-0.4, -0.2) is 64.6 Å². The Bertz CT molecular complexity index is 1380. The molecule has 0 spiro atoms. The highest BCUT2D eigenvalue weighted by Gasteiger charge is 2.25. The summed E-state index contributed by atoms with van der Waals surface area (Å²) in [5.41, 5.74) is 6.50. The highest BCUT2D eigenvalue weighted by Crippen LogP contribution is 2.30. The number of piperidine rings is 1. The number of carbonyl (C=O) groups is 3. The summed E-state index contributed by atoms with van der Waals surface area (Å²) in [7, 11) is 2.76. The third kappa shape index (κ3) is 6.75. The molecule has 3 aromatic rings. The fraction of sp³-hybridized carbons (Fsp3) is 0.333. The number of hydrogen-bond acceptors (Lipinski definition) is 6. The minimum Gasteiger partial charge on any atom is -0.494 e. The van der Waals surface area contributed by atoms with Gasteiger partial charge in [0.05, 0.1) is 29.6 Å². The first-order chi connectivity index (χ1) is 19.2. The Morgan fingerprint density at radius 3 is 2.50 bits per heavy atom. The minimum absolute atomic E-state index is 0.0257. The first-order valence-electron chi connectivity index (χ1n) is 12.4. The molecule has 1 fully saturated rings. The number of rotatable bonds is 7. The number of ether oxygens (including phenoxy) is 1. The first kappa shape index (κ1) is 30.5. The van der Waals surface area contributed by atoms with Crippen molar-refractivity contribution in [3.8, 4) is 17.0 Å². The molecule has 2 heterocycles. The smallest absolute Gasteiger partial charge is 0.291 e. The topological polar surface area (TPSA) is 140 Å². The lowest BCUT2D eigenvalue weighted by Crippen LogP contribution is -2.39. The second kappa shape index (κ2) is 13.9. The van der Waals surface area contributed by atoms with Gasteiger partial charge in [-0.25, -0.2) is 9.37 Å². The van der Waals surface area contributed by atoms with E-state index in [-0.39, 0.29) is 40.2 Å². The number of nitrogens with one attached hydrogen (secondary N) is 1. The van der Waals surface area contributed by atoms with Crippen molar-refractivity contribution in [2.24, 2.45) is 18.7 Å². The van der Waals surface area contributed by atoms with Crippen LogP contribution < -0.4 is 15.8 Å². The Hall–Kier alpha value is -4.03. The van der Waals surface area contributed by atoms with E-state index in [2.05, 4.69) is 10.3 Å². The second-order valence-electron chi connectivity index (χ2n) is 9.04. The van der Waals surface area contributed by atoms with Gasteiger partial charge in [0.1, 0.15) is 0 Å². The monoisotopic (exact) mass is 577 g/mol. The summed E-state index contributed by atoms with van der Waals surface area (Å²) < 4.78 is 34.9. The average Bonchev–Trinajstić information content (AvgIpc) is 3.32. The normalized spacial score (nSPS) is 13.3. The Balaban J connectivity index is 0.00000141. The molecule has 1 saturated heterocycles. The van der Waals surface area contributed by atoms with Crippen LogP contribution in [0.15, 0.2) is 36.5 Å². The third-order valence-electron chi connectivity index (χ3n) is 6.67. The van der Waals surface area contributed by atoms with Crippen molar-refractivity contribution < 1.29 is 33.0 Å². The SMILES string of the molecule is COc1ccc(-c2cnc(C(=O)Nc3ccc(C(=O)N4CCC(CCN)CC4)c(Cl)c3)n2C)c(F)c1F.O=CO. The molecule has 2 aromatic carbocycles. The van der Waals surface area contributed by atoms with E-state index in [0.29, 0.717) is 36.8 Å². The molecular weight excluding hydrogens is 548 g/mol. The fourth-order valence-corrected chi connectivity index (χ4v) is 4.80. The molecule has 10 nitrogen and oxygen atoms in total. The van der Waals surface area contributed by atoms with Gasteiger partial charge >= 0.3 is 0 Å². The molecule has 1 aliphatic heterocycles. The molecule has 2 amide bonds. The second-order valence-corrected chi connectivity index (χ2v) is 9.44. The summed E-state index contributed by atoms with van der Waals surface area (Å²) in [6.07, 6.45) is 4.06. The molecule has 0 unspecified atom stereocenters. The minimum atomic E-state index is -1.13. The number of nitrogens with two attached hydrogens (primary N) is 1. The molecule has 40 heavy (non-hydrogen) atoms. The number of anilines is 1. The number of aromatic nitrogens is 2. The van der Waals surface area contributed by atoms with Gasteiger partial charge < -0.3 is 30.4 Å². The number of carbonyl (C=O) groups excluding carboxylic acids is 2. The van der Waals surface area contributed by atoms with Crippen LogP contribution in [0.3, 0.4) is 0 Å². The maximum atomic E-state index is 14.6. The van der Waals surface area contributed by atoms with Gasteiger partial charge in [-0.3, -0.25) is 14.4 Å². The predicted octanol–water partition coefficient (Wildman–Crippen LogP) is 4.18. The Labute approximate surface area is 234 Å². The Morgan fingerprint density at radius 2 is 1.90 bits per heavy atom. The standard InChI is InChI=1S/C26H28ClF2N5O3.CH2O2/c1-33-20(18-5-6-21(37-2)23(29)22(18)28)14-31-24(33)25(35)32-16-3-4-17(19(27)13-16)26(36)34-11-8-15(7-10-30)9-12-34;2-1-3/h3-6,13-15H,7-12,30H2,1-2H3,(H,32,35);1H,(H,2,3). The third-order valence-corrected chi connectivity index (χ3v) is 6.98. The molecule has 0 bridgehead atoms. The van der Waals surface area contributed by atoms with Gasteiger partial charge in [-0.2, -0.15) is 4.39 Å². The van der Waals surface area contributed by atoms with Crippen LogP contribution in [0.25, 0.3) is 11.3 Å². The zero-order valence-corrected chi connectivity index (χ0v) is 22.8. The number of likely N-dealkylation sites (tertiary alicyclic amines) is 1. The molecular formula is C27H30ClF2N5O5. The molecule has 4 rings (SSSR count). The van der Waals surface area contributed by atoms with Crippen LogP contribution in [0.5, 0.6) is 5.75 Å². The van der Waals surface area contributed by atoms with Crippen molar-refractivity contribution >= 4 is 35.6 Å². The summed E-state index contributed by atoms with van der Waals surface area (Å²) in [4.78, 5) is 40.1. The van der Waals surface area contributed by atoms with E-state index in [0.717, 1.165) is 19.3 Å². The molecule has 0 saturated carbocycles. The largest absolute Gasteiger partial charge is 0.494 e. The highest BCUT2D eigenvalue weighted by atomic mass is 35.5.